The molecule has 25 heavy (non-hydrogen) atoms. The van der Waals surface area contributed by atoms with Gasteiger partial charge in [-0.2, -0.15) is 0 Å². The standard InChI is InChI=1S/C18H25N3O3S/c1-2-11-25(23,24)21-10-4-7-18(15-21)8-6-17(22)20(14-18)13-16-5-3-9-19-12-16/h2-3,5,9,12H,1,4,6-8,10-11,13-15H2/t18-/m1/s1. The molecular formula is C18H25N3O3S. The first-order valence-electron chi connectivity index (χ1n) is 8.70. The predicted octanol–water partition coefficient (Wildman–Crippen LogP) is 1.80. The molecule has 0 aliphatic carbocycles. The van der Waals surface area contributed by atoms with Crippen LogP contribution in [0.15, 0.2) is 37.2 Å². The summed E-state index contributed by atoms with van der Waals surface area (Å²) in [4.78, 5) is 18.3. The topological polar surface area (TPSA) is 70.6 Å². The third kappa shape index (κ3) is 4.10. The van der Waals surface area contributed by atoms with E-state index in [1.165, 1.54) is 6.08 Å². The fourth-order valence-corrected chi connectivity index (χ4v) is 5.33. The normalized spacial score (nSPS) is 25.3. The lowest BCUT2D eigenvalue weighted by Gasteiger charge is -2.47. The summed E-state index contributed by atoms with van der Waals surface area (Å²) < 4.78 is 26.4. The van der Waals surface area contributed by atoms with Crippen molar-refractivity contribution in [2.24, 2.45) is 5.41 Å². The van der Waals surface area contributed by atoms with Crippen LogP contribution in [0.4, 0.5) is 0 Å². The molecule has 0 radical (unpaired) electrons. The lowest BCUT2D eigenvalue weighted by atomic mass is 9.74. The zero-order valence-corrected chi connectivity index (χ0v) is 15.2. The number of piperidine rings is 2. The first-order chi connectivity index (χ1) is 11.9. The van der Waals surface area contributed by atoms with E-state index in [-0.39, 0.29) is 17.1 Å². The molecule has 0 unspecified atom stereocenters. The molecule has 2 fully saturated rings. The summed E-state index contributed by atoms with van der Waals surface area (Å²) in [5, 5.41) is 0. The van der Waals surface area contributed by atoms with Gasteiger partial charge in [-0.3, -0.25) is 9.78 Å². The number of likely N-dealkylation sites (tertiary alicyclic amines) is 1. The molecule has 6 nitrogen and oxygen atoms in total. The highest BCUT2D eigenvalue weighted by Gasteiger charge is 2.43. The van der Waals surface area contributed by atoms with Crippen molar-refractivity contribution in [1.29, 1.82) is 0 Å². The van der Waals surface area contributed by atoms with Crippen molar-refractivity contribution >= 4 is 15.9 Å². The molecule has 2 aliphatic rings. The van der Waals surface area contributed by atoms with Crippen LogP contribution < -0.4 is 0 Å². The number of carbonyl (C=O) groups excluding carboxylic acids is 1. The van der Waals surface area contributed by atoms with Crippen molar-refractivity contribution < 1.29 is 13.2 Å². The van der Waals surface area contributed by atoms with Crippen molar-refractivity contribution in [3.63, 3.8) is 0 Å². The van der Waals surface area contributed by atoms with Crippen LogP contribution in [0.2, 0.25) is 0 Å². The summed E-state index contributed by atoms with van der Waals surface area (Å²) in [6, 6.07) is 3.83. The summed E-state index contributed by atoms with van der Waals surface area (Å²) in [5.74, 6) is 0.113. The monoisotopic (exact) mass is 363 g/mol. The maximum absolute atomic E-state index is 12.4. The van der Waals surface area contributed by atoms with Gasteiger partial charge < -0.3 is 4.90 Å². The lowest BCUT2D eigenvalue weighted by Crippen LogP contribution is -2.55. The third-order valence-corrected chi connectivity index (χ3v) is 6.95. The molecule has 2 aliphatic heterocycles. The van der Waals surface area contributed by atoms with E-state index in [0.29, 0.717) is 32.6 Å². The fraction of sp³-hybridized carbons (Fsp3) is 0.556. The van der Waals surface area contributed by atoms with Crippen molar-refractivity contribution in [1.82, 2.24) is 14.2 Å². The highest BCUT2D eigenvalue weighted by atomic mass is 32.2. The Morgan fingerprint density at radius 1 is 1.32 bits per heavy atom. The zero-order valence-electron chi connectivity index (χ0n) is 14.4. The van der Waals surface area contributed by atoms with E-state index in [4.69, 9.17) is 0 Å². The van der Waals surface area contributed by atoms with Crippen molar-refractivity contribution in [2.75, 3.05) is 25.4 Å². The van der Waals surface area contributed by atoms with Crippen LogP contribution in [-0.4, -0.2) is 53.9 Å². The molecular weight excluding hydrogens is 338 g/mol. The largest absolute Gasteiger partial charge is 0.338 e. The average molecular weight is 363 g/mol. The molecule has 0 N–H and O–H groups in total. The van der Waals surface area contributed by atoms with Crippen LogP contribution in [0, 0.1) is 5.41 Å². The molecule has 1 aromatic heterocycles. The van der Waals surface area contributed by atoms with Gasteiger partial charge in [-0.05, 0) is 30.9 Å². The predicted molar refractivity (Wildman–Crippen MR) is 96.1 cm³/mol. The van der Waals surface area contributed by atoms with Gasteiger partial charge in [-0.1, -0.05) is 12.1 Å². The summed E-state index contributed by atoms with van der Waals surface area (Å²) in [7, 11) is -3.30. The Morgan fingerprint density at radius 3 is 2.88 bits per heavy atom. The van der Waals surface area contributed by atoms with Gasteiger partial charge in [0.25, 0.3) is 0 Å². The summed E-state index contributed by atoms with van der Waals surface area (Å²) >= 11 is 0. The van der Waals surface area contributed by atoms with Crippen LogP contribution in [-0.2, 0) is 21.4 Å². The minimum absolute atomic E-state index is 0.0264. The first-order valence-corrected chi connectivity index (χ1v) is 10.3. The van der Waals surface area contributed by atoms with Gasteiger partial charge in [-0.15, -0.1) is 6.58 Å². The highest BCUT2D eigenvalue weighted by molar-refractivity contribution is 7.89. The number of hydrogen-bond donors (Lipinski definition) is 0. The van der Waals surface area contributed by atoms with Gasteiger partial charge in [0.1, 0.15) is 0 Å². The lowest BCUT2D eigenvalue weighted by molar-refractivity contribution is -0.139. The van der Waals surface area contributed by atoms with Gasteiger partial charge in [-0.25, -0.2) is 12.7 Å². The number of nitrogens with zero attached hydrogens (tertiary/aromatic N) is 3. The fourth-order valence-electron chi connectivity index (χ4n) is 3.95. The van der Waals surface area contributed by atoms with Gasteiger partial charge >= 0.3 is 0 Å². The van der Waals surface area contributed by atoms with Crippen LogP contribution in [0.3, 0.4) is 0 Å². The van der Waals surface area contributed by atoms with Gasteiger partial charge in [0, 0.05) is 50.4 Å². The van der Waals surface area contributed by atoms with E-state index < -0.39 is 10.0 Å². The number of carbonyl (C=O) groups is 1. The third-order valence-electron chi connectivity index (χ3n) is 5.19. The van der Waals surface area contributed by atoms with Gasteiger partial charge in [0.2, 0.25) is 15.9 Å². The number of sulfonamides is 1. The van der Waals surface area contributed by atoms with Crippen molar-refractivity contribution in [2.45, 2.75) is 32.2 Å². The second kappa shape index (κ2) is 7.25. The Kier molecular flexibility index (Phi) is 5.24. The summed E-state index contributed by atoms with van der Waals surface area (Å²) in [6.45, 7) is 5.76. The number of amides is 1. The van der Waals surface area contributed by atoms with Gasteiger partial charge in [0.15, 0.2) is 0 Å². The van der Waals surface area contributed by atoms with E-state index in [1.807, 2.05) is 17.0 Å². The van der Waals surface area contributed by atoms with Crippen molar-refractivity contribution in [3.8, 4) is 0 Å². The Morgan fingerprint density at radius 2 is 2.16 bits per heavy atom. The molecule has 3 heterocycles. The van der Waals surface area contributed by atoms with Gasteiger partial charge in [0.05, 0.1) is 5.75 Å². The Labute approximate surface area is 149 Å². The summed E-state index contributed by atoms with van der Waals surface area (Å²) in [5.41, 5.74) is 0.864. The molecule has 1 spiro atoms. The molecule has 1 atom stereocenters. The molecule has 2 saturated heterocycles. The first kappa shape index (κ1) is 18.1. The second-order valence-electron chi connectivity index (χ2n) is 7.12. The number of rotatable bonds is 5. The molecule has 3 rings (SSSR count). The minimum atomic E-state index is -3.30. The molecule has 0 bridgehead atoms. The maximum atomic E-state index is 12.4. The Bertz CT molecular complexity index is 735. The molecule has 1 amide bonds. The number of aromatic nitrogens is 1. The van der Waals surface area contributed by atoms with Crippen LogP contribution >= 0.6 is 0 Å². The van der Waals surface area contributed by atoms with E-state index in [0.717, 1.165) is 24.8 Å². The summed E-state index contributed by atoms with van der Waals surface area (Å²) in [6.07, 6.45) is 7.97. The average Bonchev–Trinajstić information content (AvgIpc) is 2.59. The highest BCUT2D eigenvalue weighted by Crippen LogP contribution is 2.40. The second-order valence-corrected chi connectivity index (χ2v) is 9.13. The molecule has 0 aromatic carbocycles. The number of pyridine rings is 1. The van der Waals surface area contributed by atoms with E-state index in [1.54, 1.807) is 16.7 Å². The molecule has 7 heteroatoms. The van der Waals surface area contributed by atoms with Crippen LogP contribution in [0.25, 0.3) is 0 Å². The van der Waals surface area contributed by atoms with E-state index in [2.05, 4.69) is 11.6 Å². The number of hydrogen-bond acceptors (Lipinski definition) is 4. The minimum Gasteiger partial charge on any atom is -0.338 e. The zero-order chi connectivity index (χ0) is 17.9. The van der Waals surface area contributed by atoms with Crippen molar-refractivity contribution in [3.05, 3.63) is 42.7 Å². The maximum Gasteiger partial charge on any atom is 0.222 e. The van der Waals surface area contributed by atoms with Crippen LogP contribution in [0.5, 0.6) is 0 Å². The van der Waals surface area contributed by atoms with E-state index >= 15 is 0 Å². The quantitative estimate of drug-likeness (QED) is 0.748. The SMILES string of the molecule is C=CCS(=O)(=O)N1CCC[C@]2(CCC(=O)N(Cc3cccnc3)C2)C1. The molecule has 136 valence electrons. The molecule has 1 aromatic rings. The van der Waals surface area contributed by atoms with Crippen LogP contribution in [0.1, 0.15) is 31.2 Å². The molecule has 0 saturated carbocycles. The smallest absolute Gasteiger partial charge is 0.222 e. The Hall–Kier alpha value is -1.73. The Balaban J connectivity index is 1.74. The van der Waals surface area contributed by atoms with E-state index in [9.17, 15) is 13.2 Å².